The highest BCUT2D eigenvalue weighted by atomic mass is 16.6. The number of hydrogen-bond donors (Lipinski definition) is 0. The van der Waals surface area contributed by atoms with E-state index >= 15 is 0 Å². The lowest BCUT2D eigenvalue weighted by Crippen LogP contribution is -2.40. The predicted molar refractivity (Wildman–Crippen MR) is 240 cm³/mol. The highest BCUT2D eigenvalue weighted by Crippen LogP contribution is 2.59. The van der Waals surface area contributed by atoms with Crippen LogP contribution in [0, 0.1) is 0 Å². The van der Waals surface area contributed by atoms with Gasteiger partial charge in [-0.1, -0.05) is 12.1 Å². The van der Waals surface area contributed by atoms with Crippen molar-refractivity contribution >= 4 is 59.7 Å². The fraction of sp³-hybridized carbons (Fsp3) is 0.320. The van der Waals surface area contributed by atoms with E-state index in [2.05, 4.69) is 0 Å². The molecule has 5 atom stereocenters. The molecular weight excluding hydrogens is 953 g/mol. The molecule has 22 nitrogen and oxygen atoms in total. The van der Waals surface area contributed by atoms with Crippen LogP contribution in [0.4, 0.5) is 0 Å². The van der Waals surface area contributed by atoms with Gasteiger partial charge in [-0.05, 0) is 24.3 Å². The molecular formula is C50H46O22. The number of carbonyl (C=O) groups excluding carboxylic acids is 10. The third kappa shape index (κ3) is 12.5. The lowest BCUT2D eigenvalue weighted by molar-refractivity contribution is -0.154. The summed E-state index contributed by atoms with van der Waals surface area (Å²) >= 11 is 0. The average molecular weight is 999 g/mol. The summed E-state index contributed by atoms with van der Waals surface area (Å²) in [6, 6.07) is 11.5. The number of hydrogen-bond acceptors (Lipinski definition) is 22. The first-order valence-corrected chi connectivity index (χ1v) is 21.7. The van der Waals surface area contributed by atoms with Crippen molar-refractivity contribution in [2.24, 2.45) is 0 Å². The van der Waals surface area contributed by atoms with Crippen molar-refractivity contribution in [1.82, 2.24) is 0 Å². The van der Waals surface area contributed by atoms with Gasteiger partial charge in [-0.3, -0.25) is 47.9 Å². The van der Waals surface area contributed by atoms with Gasteiger partial charge < -0.3 is 56.8 Å². The van der Waals surface area contributed by atoms with Crippen LogP contribution in [0.15, 0.2) is 54.6 Å². The Kier molecular flexibility index (Phi) is 16.0. The molecule has 0 fully saturated rings. The second kappa shape index (κ2) is 21.9. The maximum Gasteiger partial charge on any atom is 0.308 e. The third-order valence-electron chi connectivity index (χ3n) is 10.2. The van der Waals surface area contributed by atoms with Gasteiger partial charge in [-0.15, -0.1) is 0 Å². The molecule has 0 radical (unpaired) electrons. The summed E-state index contributed by atoms with van der Waals surface area (Å²) in [4.78, 5) is 127. The number of rotatable bonds is 13. The minimum absolute atomic E-state index is 0.00922. The summed E-state index contributed by atoms with van der Waals surface area (Å²) in [6.45, 7) is 10.9. The predicted octanol–water partition coefficient (Wildman–Crippen LogP) is 5.89. The van der Waals surface area contributed by atoms with Crippen LogP contribution >= 0.6 is 0 Å². The number of ether oxygens (including phenoxy) is 12. The van der Waals surface area contributed by atoms with Crippen molar-refractivity contribution in [3.8, 4) is 57.5 Å². The molecule has 0 aromatic heterocycles. The minimum atomic E-state index is -1.68. The van der Waals surface area contributed by atoms with E-state index in [4.69, 9.17) is 56.8 Å². The molecule has 378 valence electrons. The molecule has 4 aromatic rings. The average Bonchev–Trinajstić information content (AvgIpc) is 3.23. The van der Waals surface area contributed by atoms with Gasteiger partial charge in [-0.25, -0.2) is 0 Å². The van der Waals surface area contributed by atoms with E-state index in [-0.39, 0.29) is 86.0 Å². The molecule has 2 aliphatic rings. The van der Waals surface area contributed by atoms with Crippen LogP contribution < -0.4 is 47.4 Å². The van der Waals surface area contributed by atoms with Crippen molar-refractivity contribution in [3.63, 3.8) is 0 Å². The van der Waals surface area contributed by atoms with Crippen LogP contribution in [0.1, 0.15) is 115 Å². The first-order chi connectivity index (χ1) is 33.9. The summed E-state index contributed by atoms with van der Waals surface area (Å²) in [6.07, 6.45) is -6.27. The summed E-state index contributed by atoms with van der Waals surface area (Å²) in [5, 5.41) is 0. The highest BCUT2D eigenvalue weighted by molar-refractivity contribution is 5.79. The van der Waals surface area contributed by atoms with Crippen molar-refractivity contribution in [1.29, 1.82) is 0 Å². The fourth-order valence-corrected chi connectivity index (χ4v) is 8.12. The van der Waals surface area contributed by atoms with E-state index in [0.29, 0.717) is 0 Å². The standard InChI is InChI=1S/C50H46O22/c1-21(51)61-33-17-40(67-27(7)57)44-41(18-33)71-48(32-12-14-36(63-23(3)53)39(16-32)66-26(6)56)50(70-30(10)60)46(44)45-42(68-28(8)58)20-37(64-24(4)54)34-19-43(69-29(9)59)47(72-49(34)45)31-11-13-35(62-22(2)52)38(15-31)65-25(5)55/h11-18,20,43,46-48,50H,19H2,1-10H3/t43-,46+,47-,48+,50-/m1/s1. The monoisotopic (exact) mass is 998 g/mol. The van der Waals surface area contributed by atoms with Crippen LogP contribution in [0.25, 0.3) is 0 Å². The van der Waals surface area contributed by atoms with E-state index in [1.165, 1.54) is 54.6 Å². The Labute approximate surface area is 409 Å². The van der Waals surface area contributed by atoms with E-state index < -0.39 is 95.8 Å². The van der Waals surface area contributed by atoms with Crippen LogP contribution in [-0.4, -0.2) is 71.9 Å². The Balaban J connectivity index is 1.78. The van der Waals surface area contributed by atoms with Gasteiger partial charge >= 0.3 is 59.7 Å². The summed E-state index contributed by atoms with van der Waals surface area (Å²) in [7, 11) is 0. The topological polar surface area (TPSA) is 281 Å². The molecule has 0 bridgehead atoms. The Morgan fingerprint density at radius 2 is 0.833 bits per heavy atom. The number of fused-ring (bicyclic) bond motifs is 2. The van der Waals surface area contributed by atoms with Gasteiger partial charge in [0.1, 0.15) is 40.6 Å². The van der Waals surface area contributed by atoms with Gasteiger partial charge in [0, 0.05) is 122 Å². The van der Waals surface area contributed by atoms with E-state index in [9.17, 15) is 47.9 Å². The van der Waals surface area contributed by atoms with Crippen molar-refractivity contribution in [2.75, 3.05) is 0 Å². The largest absolute Gasteiger partial charge is 0.481 e. The van der Waals surface area contributed by atoms with E-state index in [0.717, 1.165) is 69.2 Å². The molecule has 22 heteroatoms. The third-order valence-corrected chi connectivity index (χ3v) is 10.2. The summed E-state index contributed by atoms with van der Waals surface area (Å²) in [5.74, 6) is -12.6. The fourth-order valence-electron chi connectivity index (χ4n) is 8.12. The van der Waals surface area contributed by atoms with Gasteiger partial charge in [0.2, 0.25) is 0 Å². The SMILES string of the molecule is CC(=O)Oc1cc(OC(C)=O)c2c(c1)O[C@@H](c1ccc(OC(C)=O)c(OC(C)=O)c1)[C@H](OC(C)=O)[C@@H]2c1c(OC(C)=O)cc(OC(C)=O)c2c1O[C@H](c1ccc(OC(C)=O)c(OC(C)=O)c1)[C@H](OC(C)=O)C2. The Morgan fingerprint density at radius 1 is 0.403 bits per heavy atom. The molecule has 4 aromatic carbocycles. The second-order valence-corrected chi connectivity index (χ2v) is 16.1. The van der Waals surface area contributed by atoms with Crippen LogP contribution in [-0.2, 0) is 63.8 Å². The second-order valence-electron chi connectivity index (χ2n) is 16.1. The first-order valence-electron chi connectivity index (χ1n) is 21.7. The van der Waals surface area contributed by atoms with Crippen molar-refractivity contribution in [2.45, 2.75) is 106 Å². The Morgan fingerprint density at radius 3 is 1.31 bits per heavy atom. The summed E-state index contributed by atoms with van der Waals surface area (Å²) < 4.78 is 69.7. The lowest BCUT2D eigenvalue weighted by atomic mass is 9.77. The molecule has 0 aliphatic carbocycles. The van der Waals surface area contributed by atoms with Gasteiger partial charge in [0.15, 0.2) is 41.3 Å². The van der Waals surface area contributed by atoms with Crippen LogP contribution in [0.3, 0.4) is 0 Å². The summed E-state index contributed by atoms with van der Waals surface area (Å²) in [5.41, 5.74) is -0.0622. The maximum absolute atomic E-state index is 13.5. The van der Waals surface area contributed by atoms with E-state index in [1.54, 1.807) is 0 Å². The molecule has 0 saturated heterocycles. The van der Waals surface area contributed by atoms with Gasteiger partial charge in [0.25, 0.3) is 0 Å². The molecule has 72 heavy (non-hydrogen) atoms. The zero-order valence-electron chi connectivity index (χ0n) is 40.3. The molecule has 0 saturated carbocycles. The number of benzene rings is 4. The number of esters is 10. The smallest absolute Gasteiger partial charge is 0.308 e. The maximum atomic E-state index is 13.5. The van der Waals surface area contributed by atoms with Gasteiger partial charge in [-0.2, -0.15) is 0 Å². The Hall–Kier alpha value is -8.82. The molecule has 0 N–H and O–H groups in total. The molecule has 6 rings (SSSR count). The minimum Gasteiger partial charge on any atom is -0.481 e. The molecule has 2 aliphatic heterocycles. The highest BCUT2D eigenvalue weighted by Gasteiger charge is 2.50. The first kappa shape index (κ1) is 52.5. The van der Waals surface area contributed by atoms with Crippen molar-refractivity contribution in [3.05, 3.63) is 82.4 Å². The number of carbonyl (C=O) groups is 10. The zero-order chi connectivity index (χ0) is 52.9. The normalized spacial score (nSPS) is 17.3. The van der Waals surface area contributed by atoms with Crippen molar-refractivity contribution < 1.29 is 105 Å². The van der Waals surface area contributed by atoms with Crippen LogP contribution in [0.2, 0.25) is 0 Å². The van der Waals surface area contributed by atoms with Crippen LogP contribution in [0.5, 0.6) is 57.5 Å². The lowest BCUT2D eigenvalue weighted by Gasteiger charge is -2.42. The zero-order valence-corrected chi connectivity index (χ0v) is 40.3. The molecule has 0 amide bonds. The molecule has 0 unspecified atom stereocenters. The molecule has 2 heterocycles. The molecule has 0 spiro atoms. The van der Waals surface area contributed by atoms with Gasteiger partial charge in [0.05, 0.1) is 5.92 Å². The Bertz CT molecular complexity index is 2930. The van der Waals surface area contributed by atoms with E-state index in [1.807, 2.05) is 0 Å². The quantitative estimate of drug-likeness (QED) is 0.111.